The third kappa shape index (κ3) is 5.20. The van der Waals surface area contributed by atoms with Gasteiger partial charge in [-0.1, -0.05) is 12.1 Å². The first kappa shape index (κ1) is 22.9. The summed E-state index contributed by atoms with van der Waals surface area (Å²) in [5.74, 6) is -0.498. The number of nitrogens with one attached hydrogen (secondary N) is 1. The Balaban J connectivity index is 1.52. The summed E-state index contributed by atoms with van der Waals surface area (Å²) < 4.78 is 0. The van der Waals surface area contributed by atoms with Gasteiger partial charge in [0.1, 0.15) is 5.60 Å². The van der Waals surface area contributed by atoms with Crippen LogP contribution in [0.3, 0.4) is 0 Å². The Kier molecular flexibility index (Phi) is 6.42. The number of carboxylic acid groups (broad SMARTS) is 1. The number of aryl methyl sites for hydroxylation is 2. The van der Waals surface area contributed by atoms with E-state index in [1.54, 1.807) is 19.3 Å². The summed E-state index contributed by atoms with van der Waals surface area (Å²) in [6.07, 6.45) is 6.07. The zero-order valence-electron chi connectivity index (χ0n) is 19.2. The van der Waals surface area contributed by atoms with Gasteiger partial charge in [-0.15, -0.1) is 0 Å². The van der Waals surface area contributed by atoms with E-state index in [1.165, 1.54) is 0 Å². The zero-order valence-corrected chi connectivity index (χ0v) is 19.2. The molecule has 1 fully saturated rings. The summed E-state index contributed by atoms with van der Waals surface area (Å²) in [4.78, 5) is 24.5. The predicted octanol–water partition coefficient (Wildman–Crippen LogP) is 5.00. The van der Waals surface area contributed by atoms with Crippen LogP contribution in [0, 0.1) is 25.7 Å². The van der Waals surface area contributed by atoms with Crippen LogP contribution in [0.4, 0.5) is 11.6 Å². The number of aromatic nitrogens is 3. The van der Waals surface area contributed by atoms with Crippen LogP contribution in [-0.2, 0) is 10.4 Å². The van der Waals surface area contributed by atoms with E-state index in [-0.39, 0.29) is 11.8 Å². The molecule has 2 aromatic heterocycles. The molecular formula is C26H30N4O3. The average molecular weight is 447 g/mol. The number of rotatable bonds is 6. The molecule has 3 N–H and O–H groups in total. The Morgan fingerprint density at radius 3 is 2.42 bits per heavy atom. The lowest BCUT2D eigenvalue weighted by atomic mass is 9.73. The summed E-state index contributed by atoms with van der Waals surface area (Å²) in [7, 11) is 0. The van der Waals surface area contributed by atoms with Crippen LogP contribution in [0.1, 0.15) is 49.6 Å². The van der Waals surface area contributed by atoms with E-state index in [0.717, 1.165) is 28.1 Å². The van der Waals surface area contributed by atoms with Crippen LogP contribution in [-0.4, -0.2) is 31.1 Å². The third-order valence-electron chi connectivity index (χ3n) is 6.62. The van der Waals surface area contributed by atoms with Crippen molar-refractivity contribution in [3.8, 4) is 11.1 Å². The number of carboxylic acids is 1. The van der Waals surface area contributed by atoms with E-state index < -0.39 is 11.6 Å². The van der Waals surface area contributed by atoms with E-state index in [4.69, 9.17) is 0 Å². The fourth-order valence-corrected chi connectivity index (χ4v) is 4.64. The number of aliphatic hydroxyl groups is 1. The largest absolute Gasteiger partial charge is 0.481 e. The Hall–Kier alpha value is -3.32. The second-order valence-electron chi connectivity index (χ2n) is 9.20. The van der Waals surface area contributed by atoms with Crippen molar-refractivity contribution in [3.63, 3.8) is 0 Å². The maximum absolute atomic E-state index is 11.2. The van der Waals surface area contributed by atoms with E-state index in [0.29, 0.717) is 37.3 Å². The Morgan fingerprint density at radius 1 is 1.03 bits per heavy atom. The van der Waals surface area contributed by atoms with Crippen LogP contribution in [0.2, 0.25) is 0 Å². The third-order valence-corrected chi connectivity index (χ3v) is 6.62. The molecule has 33 heavy (non-hydrogen) atoms. The molecule has 0 saturated heterocycles. The SMILES string of the molecule is Cc1cc(Nc2nccc(C)n2)cc(-c2ccc([C@@](C)(O)C3CCC(C(=O)O)CC3)nc2)c1. The standard InChI is InChI=1S/C26H30N4O3/c1-16-12-20(14-22(13-16)30-25-27-11-10-17(2)29-25)19-6-9-23(28-15-19)26(3,33)21-7-4-18(5-8-21)24(31)32/h6,9-15,18,21,33H,4-5,7-8H2,1-3H3,(H,31,32)(H,27,29,30)/t18?,21?,26-/m0/s1. The molecule has 7 nitrogen and oxygen atoms in total. The molecule has 0 radical (unpaired) electrons. The lowest BCUT2D eigenvalue weighted by molar-refractivity contribution is -0.144. The molecule has 0 spiro atoms. The van der Waals surface area contributed by atoms with Crippen molar-refractivity contribution >= 4 is 17.6 Å². The molecular weight excluding hydrogens is 416 g/mol. The van der Waals surface area contributed by atoms with Crippen molar-refractivity contribution in [2.24, 2.45) is 11.8 Å². The van der Waals surface area contributed by atoms with Gasteiger partial charge in [-0.2, -0.15) is 0 Å². The van der Waals surface area contributed by atoms with Crippen LogP contribution in [0.15, 0.2) is 48.8 Å². The summed E-state index contributed by atoms with van der Waals surface area (Å²) in [5.41, 5.74) is 4.35. The number of aliphatic carboxylic acids is 1. The van der Waals surface area contributed by atoms with E-state index >= 15 is 0 Å². The quantitative estimate of drug-likeness (QED) is 0.489. The first-order valence-electron chi connectivity index (χ1n) is 11.3. The van der Waals surface area contributed by atoms with Crippen molar-refractivity contribution in [1.82, 2.24) is 15.0 Å². The molecule has 1 aliphatic carbocycles. The molecule has 1 aliphatic rings. The normalized spacial score (nSPS) is 20.1. The van der Waals surface area contributed by atoms with Crippen molar-refractivity contribution in [2.75, 3.05) is 5.32 Å². The molecule has 7 heteroatoms. The first-order valence-corrected chi connectivity index (χ1v) is 11.3. The van der Waals surface area contributed by atoms with Crippen molar-refractivity contribution in [3.05, 3.63) is 65.7 Å². The van der Waals surface area contributed by atoms with Crippen LogP contribution < -0.4 is 5.32 Å². The molecule has 4 rings (SSSR count). The number of hydrogen-bond acceptors (Lipinski definition) is 6. The van der Waals surface area contributed by atoms with Gasteiger partial charge >= 0.3 is 5.97 Å². The van der Waals surface area contributed by atoms with Gasteiger partial charge < -0.3 is 15.5 Å². The average Bonchev–Trinajstić information content (AvgIpc) is 2.79. The molecule has 0 bridgehead atoms. The Morgan fingerprint density at radius 2 is 1.79 bits per heavy atom. The molecule has 1 aromatic carbocycles. The van der Waals surface area contributed by atoms with E-state index in [9.17, 15) is 15.0 Å². The Labute approximate surface area is 194 Å². The number of benzene rings is 1. The van der Waals surface area contributed by atoms with Gasteiger partial charge in [-0.05, 0) is 87.8 Å². The lowest BCUT2D eigenvalue weighted by Crippen LogP contribution is -2.36. The second kappa shape index (κ2) is 9.27. The topological polar surface area (TPSA) is 108 Å². The summed E-state index contributed by atoms with van der Waals surface area (Å²) in [6.45, 7) is 5.75. The number of pyridine rings is 1. The van der Waals surface area contributed by atoms with E-state index in [2.05, 4.69) is 26.3 Å². The van der Waals surface area contributed by atoms with Gasteiger partial charge in [0.2, 0.25) is 5.95 Å². The minimum atomic E-state index is -1.09. The highest BCUT2D eigenvalue weighted by Crippen LogP contribution is 2.40. The van der Waals surface area contributed by atoms with Gasteiger partial charge in [0.05, 0.1) is 11.6 Å². The maximum atomic E-state index is 11.2. The van der Waals surface area contributed by atoms with E-state index in [1.807, 2.05) is 44.2 Å². The minimum absolute atomic E-state index is 0.00412. The molecule has 1 saturated carbocycles. The van der Waals surface area contributed by atoms with Gasteiger partial charge in [-0.3, -0.25) is 9.78 Å². The number of anilines is 2. The summed E-state index contributed by atoms with van der Waals surface area (Å²) >= 11 is 0. The van der Waals surface area contributed by atoms with Gasteiger partial charge in [0.25, 0.3) is 0 Å². The highest BCUT2D eigenvalue weighted by Gasteiger charge is 2.38. The number of carbonyl (C=O) groups is 1. The molecule has 1 atom stereocenters. The minimum Gasteiger partial charge on any atom is -0.481 e. The second-order valence-corrected chi connectivity index (χ2v) is 9.20. The van der Waals surface area contributed by atoms with Crippen molar-refractivity contribution in [1.29, 1.82) is 0 Å². The van der Waals surface area contributed by atoms with Crippen molar-refractivity contribution < 1.29 is 15.0 Å². The zero-order chi connectivity index (χ0) is 23.6. The molecule has 0 unspecified atom stereocenters. The van der Waals surface area contributed by atoms with Crippen LogP contribution in [0.25, 0.3) is 11.1 Å². The Bertz CT molecular complexity index is 1140. The molecule has 172 valence electrons. The van der Waals surface area contributed by atoms with Gasteiger partial charge in [-0.25, -0.2) is 9.97 Å². The molecule has 2 heterocycles. The molecule has 0 amide bonds. The van der Waals surface area contributed by atoms with Crippen molar-refractivity contribution in [2.45, 2.75) is 52.1 Å². The maximum Gasteiger partial charge on any atom is 0.306 e. The summed E-state index contributed by atoms with van der Waals surface area (Å²) in [6, 6.07) is 11.9. The van der Waals surface area contributed by atoms with Gasteiger partial charge in [0, 0.05) is 29.3 Å². The molecule has 3 aromatic rings. The highest BCUT2D eigenvalue weighted by atomic mass is 16.4. The molecule has 0 aliphatic heterocycles. The first-order chi connectivity index (χ1) is 15.7. The number of nitrogens with zero attached hydrogens (tertiary/aromatic N) is 3. The van der Waals surface area contributed by atoms with Crippen LogP contribution in [0.5, 0.6) is 0 Å². The smallest absolute Gasteiger partial charge is 0.306 e. The fraction of sp³-hybridized carbons (Fsp3) is 0.385. The summed E-state index contributed by atoms with van der Waals surface area (Å²) in [5, 5.41) is 23.7. The van der Waals surface area contributed by atoms with Gasteiger partial charge in [0.15, 0.2) is 0 Å². The highest BCUT2D eigenvalue weighted by molar-refractivity contribution is 5.71. The fourth-order valence-electron chi connectivity index (χ4n) is 4.64. The monoisotopic (exact) mass is 446 g/mol. The number of hydrogen-bond donors (Lipinski definition) is 3. The van der Waals surface area contributed by atoms with Crippen LogP contribution >= 0.6 is 0 Å². The lowest BCUT2D eigenvalue weighted by Gasteiger charge is -2.36. The predicted molar refractivity (Wildman–Crippen MR) is 127 cm³/mol.